The third kappa shape index (κ3) is 3.74. The number of rotatable bonds is 7. The molecule has 1 unspecified atom stereocenters. The van der Waals surface area contributed by atoms with Crippen LogP contribution in [-0.4, -0.2) is 37.6 Å². The summed E-state index contributed by atoms with van der Waals surface area (Å²) in [6, 6.07) is 0.721. The predicted molar refractivity (Wildman–Crippen MR) is 71.8 cm³/mol. The maximum Gasteiger partial charge on any atom is 0.00614 e. The van der Waals surface area contributed by atoms with Crippen molar-refractivity contribution in [3.63, 3.8) is 0 Å². The minimum atomic E-state index is 0.564. The maximum atomic E-state index is 3.57. The van der Waals surface area contributed by atoms with Crippen LogP contribution in [0.5, 0.6) is 0 Å². The molecule has 2 nitrogen and oxygen atoms in total. The molecule has 0 heterocycles. The van der Waals surface area contributed by atoms with Gasteiger partial charge in [-0.3, -0.25) is 0 Å². The van der Waals surface area contributed by atoms with Crippen LogP contribution in [0, 0.1) is 5.41 Å². The van der Waals surface area contributed by atoms with Gasteiger partial charge in [0, 0.05) is 19.1 Å². The van der Waals surface area contributed by atoms with Crippen LogP contribution in [0.4, 0.5) is 0 Å². The fourth-order valence-electron chi connectivity index (χ4n) is 2.90. The lowest BCUT2D eigenvalue weighted by molar-refractivity contribution is 0.139. The van der Waals surface area contributed by atoms with Crippen LogP contribution in [-0.2, 0) is 0 Å². The van der Waals surface area contributed by atoms with Crippen molar-refractivity contribution in [1.82, 2.24) is 10.2 Å². The van der Waals surface area contributed by atoms with Crippen molar-refractivity contribution in [2.45, 2.75) is 58.9 Å². The summed E-state index contributed by atoms with van der Waals surface area (Å²) in [5.41, 5.74) is 0.564. The highest BCUT2D eigenvalue weighted by Gasteiger charge is 2.34. The molecule has 0 aliphatic heterocycles. The van der Waals surface area contributed by atoms with E-state index in [1.54, 1.807) is 0 Å². The van der Waals surface area contributed by atoms with Gasteiger partial charge in [0.1, 0.15) is 0 Å². The Hall–Kier alpha value is -0.0800. The Bertz CT molecular complexity index is 185. The van der Waals surface area contributed by atoms with Crippen molar-refractivity contribution in [2.24, 2.45) is 5.41 Å². The van der Waals surface area contributed by atoms with E-state index in [1.165, 1.54) is 45.2 Å². The van der Waals surface area contributed by atoms with Crippen LogP contribution < -0.4 is 5.32 Å². The number of nitrogens with one attached hydrogen (secondary N) is 1. The first-order valence-electron chi connectivity index (χ1n) is 7.04. The summed E-state index contributed by atoms with van der Waals surface area (Å²) in [5, 5.41) is 3.57. The zero-order valence-electron chi connectivity index (χ0n) is 11.7. The summed E-state index contributed by atoms with van der Waals surface area (Å²) in [5.74, 6) is 0. The molecular weight excluding hydrogens is 196 g/mol. The van der Waals surface area contributed by atoms with Crippen LogP contribution in [0.15, 0.2) is 0 Å². The Morgan fingerprint density at radius 2 is 1.88 bits per heavy atom. The Morgan fingerprint density at radius 3 is 2.38 bits per heavy atom. The van der Waals surface area contributed by atoms with Gasteiger partial charge in [-0.1, -0.05) is 26.7 Å². The number of hydrogen-bond acceptors (Lipinski definition) is 2. The minimum Gasteiger partial charge on any atom is -0.316 e. The largest absolute Gasteiger partial charge is 0.316 e. The second-order valence-corrected chi connectivity index (χ2v) is 5.66. The smallest absolute Gasteiger partial charge is 0.00614 e. The average Bonchev–Trinajstić information content (AvgIpc) is 2.74. The lowest BCUT2D eigenvalue weighted by atomic mass is 9.85. The molecule has 1 saturated carbocycles. The van der Waals surface area contributed by atoms with E-state index in [2.05, 4.69) is 38.0 Å². The molecule has 1 rings (SSSR count). The molecule has 2 heteroatoms. The SMILES string of the molecule is CCNCC1(CN(C)C(C)CC)CCCC1. The summed E-state index contributed by atoms with van der Waals surface area (Å²) >= 11 is 0. The highest BCUT2D eigenvalue weighted by molar-refractivity contribution is 4.89. The number of nitrogens with zero attached hydrogens (tertiary/aromatic N) is 1. The van der Waals surface area contributed by atoms with Crippen LogP contribution in [0.25, 0.3) is 0 Å². The summed E-state index contributed by atoms with van der Waals surface area (Å²) in [6.45, 7) is 10.4. The lowest BCUT2D eigenvalue weighted by Crippen LogP contribution is -2.44. The Kier molecular flexibility index (Phi) is 5.77. The molecule has 0 bridgehead atoms. The van der Waals surface area contributed by atoms with Crippen LogP contribution in [0.3, 0.4) is 0 Å². The van der Waals surface area contributed by atoms with Gasteiger partial charge in [0.25, 0.3) is 0 Å². The van der Waals surface area contributed by atoms with E-state index >= 15 is 0 Å². The van der Waals surface area contributed by atoms with E-state index in [9.17, 15) is 0 Å². The molecule has 0 saturated heterocycles. The Labute approximate surface area is 102 Å². The molecule has 1 atom stereocenters. The molecule has 1 N–H and O–H groups in total. The van der Waals surface area contributed by atoms with Gasteiger partial charge in [0.15, 0.2) is 0 Å². The summed E-state index contributed by atoms with van der Waals surface area (Å²) in [7, 11) is 2.29. The van der Waals surface area contributed by atoms with Crippen molar-refractivity contribution < 1.29 is 0 Å². The third-order valence-corrected chi connectivity index (χ3v) is 4.34. The molecule has 0 aromatic rings. The molecule has 0 aromatic heterocycles. The highest BCUT2D eigenvalue weighted by atomic mass is 15.1. The molecular formula is C14H30N2. The van der Waals surface area contributed by atoms with Gasteiger partial charge in [-0.25, -0.2) is 0 Å². The summed E-state index contributed by atoms with van der Waals surface area (Å²) < 4.78 is 0. The van der Waals surface area contributed by atoms with Gasteiger partial charge in [0.2, 0.25) is 0 Å². The monoisotopic (exact) mass is 226 g/mol. The van der Waals surface area contributed by atoms with Crippen LogP contribution in [0.1, 0.15) is 52.9 Å². The molecule has 1 aliphatic rings. The zero-order chi connectivity index (χ0) is 12.0. The van der Waals surface area contributed by atoms with E-state index in [1.807, 2.05) is 0 Å². The van der Waals surface area contributed by atoms with E-state index in [-0.39, 0.29) is 0 Å². The first-order chi connectivity index (χ1) is 7.63. The van der Waals surface area contributed by atoms with E-state index in [0.717, 1.165) is 12.6 Å². The normalized spacial score (nSPS) is 21.6. The fourth-order valence-corrected chi connectivity index (χ4v) is 2.90. The molecule has 96 valence electrons. The topological polar surface area (TPSA) is 15.3 Å². The second kappa shape index (κ2) is 6.61. The standard InChI is InChI=1S/C14H30N2/c1-5-13(3)16(4)12-14(11-15-6-2)9-7-8-10-14/h13,15H,5-12H2,1-4H3. The fraction of sp³-hybridized carbons (Fsp3) is 1.00. The molecule has 1 fully saturated rings. The number of hydrogen-bond donors (Lipinski definition) is 1. The van der Waals surface area contributed by atoms with Crippen LogP contribution in [0.2, 0.25) is 0 Å². The van der Waals surface area contributed by atoms with Crippen LogP contribution >= 0.6 is 0 Å². The van der Waals surface area contributed by atoms with Gasteiger partial charge in [-0.15, -0.1) is 0 Å². The van der Waals surface area contributed by atoms with Crippen molar-refractivity contribution in [1.29, 1.82) is 0 Å². The second-order valence-electron chi connectivity index (χ2n) is 5.66. The molecule has 0 spiro atoms. The molecule has 16 heavy (non-hydrogen) atoms. The molecule has 0 amide bonds. The van der Waals surface area contributed by atoms with Crippen molar-refractivity contribution >= 4 is 0 Å². The van der Waals surface area contributed by atoms with Crippen molar-refractivity contribution in [3.05, 3.63) is 0 Å². The highest BCUT2D eigenvalue weighted by Crippen LogP contribution is 2.38. The van der Waals surface area contributed by atoms with Gasteiger partial charge >= 0.3 is 0 Å². The Balaban J connectivity index is 2.49. The zero-order valence-corrected chi connectivity index (χ0v) is 11.7. The van der Waals surface area contributed by atoms with Gasteiger partial charge in [0.05, 0.1) is 0 Å². The van der Waals surface area contributed by atoms with E-state index in [4.69, 9.17) is 0 Å². The van der Waals surface area contributed by atoms with E-state index in [0.29, 0.717) is 5.41 Å². The summed E-state index contributed by atoms with van der Waals surface area (Å²) in [6.07, 6.45) is 6.95. The van der Waals surface area contributed by atoms with Crippen molar-refractivity contribution in [2.75, 3.05) is 26.7 Å². The van der Waals surface area contributed by atoms with E-state index < -0.39 is 0 Å². The molecule has 0 aromatic carbocycles. The third-order valence-electron chi connectivity index (χ3n) is 4.34. The Morgan fingerprint density at radius 1 is 1.25 bits per heavy atom. The first-order valence-corrected chi connectivity index (χ1v) is 7.04. The molecule has 1 aliphatic carbocycles. The molecule has 0 radical (unpaired) electrons. The van der Waals surface area contributed by atoms with Gasteiger partial charge in [-0.05, 0) is 45.2 Å². The quantitative estimate of drug-likeness (QED) is 0.718. The van der Waals surface area contributed by atoms with Crippen molar-refractivity contribution in [3.8, 4) is 0 Å². The first kappa shape index (κ1) is 14.0. The lowest BCUT2D eigenvalue weighted by Gasteiger charge is -2.36. The average molecular weight is 226 g/mol. The minimum absolute atomic E-state index is 0.564. The summed E-state index contributed by atoms with van der Waals surface area (Å²) in [4.78, 5) is 2.56. The van der Waals surface area contributed by atoms with Gasteiger partial charge in [-0.2, -0.15) is 0 Å². The maximum absolute atomic E-state index is 3.57. The van der Waals surface area contributed by atoms with Gasteiger partial charge < -0.3 is 10.2 Å². The predicted octanol–water partition coefficient (Wildman–Crippen LogP) is 2.89.